The van der Waals surface area contributed by atoms with Crippen LogP contribution >= 0.6 is 11.6 Å². The number of amides is 2. The zero-order valence-electron chi connectivity index (χ0n) is 15.0. The van der Waals surface area contributed by atoms with Gasteiger partial charge < -0.3 is 10.2 Å². The van der Waals surface area contributed by atoms with E-state index in [1.807, 2.05) is 30.3 Å². The summed E-state index contributed by atoms with van der Waals surface area (Å²) in [6.07, 6.45) is 3.32. The molecule has 2 amide bonds. The van der Waals surface area contributed by atoms with Gasteiger partial charge in [0.25, 0.3) is 0 Å². The topological polar surface area (TPSA) is 80.1 Å². The summed E-state index contributed by atoms with van der Waals surface area (Å²) in [6, 6.07) is 14.6. The third-order valence-electron chi connectivity index (χ3n) is 4.65. The van der Waals surface area contributed by atoms with Gasteiger partial charge in [0.1, 0.15) is 12.7 Å². The second kappa shape index (κ2) is 7.82. The van der Waals surface area contributed by atoms with Gasteiger partial charge in [-0.25, -0.2) is 9.67 Å². The van der Waals surface area contributed by atoms with E-state index in [1.165, 1.54) is 6.33 Å². The summed E-state index contributed by atoms with van der Waals surface area (Å²) in [5, 5.41) is 7.52. The Morgan fingerprint density at radius 1 is 1.21 bits per heavy atom. The van der Waals surface area contributed by atoms with Crippen molar-refractivity contribution >= 4 is 34.8 Å². The van der Waals surface area contributed by atoms with Crippen molar-refractivity contribution in [1.82, 2.24) is 14.8 Å². The van der Waals surface area contributed by atoms with E-state index < -0.39 is 5.92 Å². The number of anilines is 2. The van der Waals surface area contributed by atoms with Crippen LogP contribution in [0.15, 0.2) is 61.2 Å². The molecule has 0 aliphatic carbocycles. The Bertz CT molecular complexity index is 988. The molecule has 0 bridgehead atoms. The highest BCUT2D eigenvalue weighted by Crippen LogP contribution is 2.28. The molecule has 1 aromatic heterocycles. The Morgan fingerprint density at radius 2 is 2.04 bits per heavy atom. The van der Waals surface area contributed by atoms with Crippen LogP contribution in [-0.4, -0.2) is 33.1 Å². The van der Waals surface area contributed by atoms with Gasteiger partial charge >= 0.3 is 0 Å². The summed E-state index contributed by atoms with van der Waals surface area (Å²) >= 11 is 6.01. The lowest BCUT2D eigenvalue weighted by Gasteiger charge is -2.17. The van der Waals surface area contributed by atoms with Crippen LogP contribution in [0.2, 0.25) is 5.02 Å². The van der Waals surface area contributed by atoms with E-state index in [0.717, 1.165) is 5.56 Å². The SMILES string of the molecule is O=C(Nc1ccc(Cn2cncn2)cc1)C1CC(=O)N(c2cccc(Cl)c2)C1. The molecule has 1 atom stereocenters. The van der Waals surface area contributed by atoms with Crippen LogP contribution in [0.1, 0.15) is 12.0 Å². The fourth-order valence-electron chi connectivity index (χ4n) is 3.22. The molecule has 2 heterocycles. The van der Waals surface area contributed by atoms with Crippen LogP contribution < -0.4 is 10.2 Å². The highest BCUT2D eigenvalue weighted by molar-refractivity contribution is 6.31. The molecule has 1 saturated heterocycles. The zero-order valence-corrected chi connectivity index (χ0v) is 15.7. The Morgan fingerprint density at radius 3 is 2.75 bits per heavy atom. The molecule has 1 N–H and O–H groups in total. The van der Waals surface area contributed by atoms with Gasteiger partial charge in [0.15, 0.2) is 0 Å². The van der Waals surface area contributed by atoms with Crippen molar-refractivity contribution in [2.45, 2.75) is 13.0 Å². The standard InChI is InChI=1S/C20H18ClN5O2/c21-16-2-1-3-18(9-16)26-11-15(8-19(26)27)20(28)24-17-6-4-14(5-7-17)10-25-13-22-12-23-25/h1-7,9,12-13,15H,8,10-11H2,(H,24,28). The van der Waals surface area contributed by atoms with Gasteiger partial charge in [-0.2, -0.15) is 5.10 Å². The molecule has 1 fully saturated rings. The van der Waals surface area contributed by atoms with E-state index in [4.69, 9.17) is 11.6 Å². The van der Waals surface area contributed by atoms with Crippen molar-refractivity contribution in [3.05, 3.63) is 71.8 Å². The van der Waals surface area contributed by atoms with E-state index >= 15 is 0 Å². The van der Waals surface area contributed by atoms with E-state index in [-0.39, 0.29) is 18.2 Å². The lowest BCUT2D eigenvalue weighted by Crippen LogP contribution is -2.28. The first-order valence-corrected chi connectivity index (χ1v) is 9.24. The van der Waals surface area contributed by atoms with Crippen molar-refractivity contribution in [2.24, 2.45) is 5.92 Å². The van der Waals surface area contributed by atoms with Gasteiger partial charge in [0, 0.05) is 29.4 Å². The van der Waals surface area contributed by atoms with E-state index in [1.54, 1.807) is 34.1 Å². The third-order valence-corrected chi connectivity index (χ3v) is 4.88. The molecule has 1 aliphatic heterocycles. The van der Waals surface area contributed by atoms with E-state index in [9.17, 15) is 9.59 Å². The number of carbonyl (C=O) groups excluding carboxylic acids is 2. The Balaban J connectivity index is 1.38. The number of nitrogens with zero attached hydrogens (tertiary/aromatic N) is 4. The average Bonchev–Trinajstić information content (AvgIpc) is 3.33. The molecule has 7 nitrogen and oxygen atoms in total. The van der Waals surface area contributed by atoms with Crippen molar-refractivity contribution in [3.63, 3.8) is 0 Å². The number of benzene rings is 2. The first-order valence-electron chi connectivity index (χ1n) is 8.86. The summed E-state index contributed by atoms with van der Waals surface area (Å²) in [4.78, 5) is 30.5. The van der Waals surface area contributed by atoms with Crippen LogP contribution in [0.5, 0.6) is 0 Å². The average molecular weight is 396 g/mol. The molecule has 0 saturated carbocycles. The highest BCUT2D eigenvalue weighted by Gasteiger charge is 2.35. The van der Waals surface area contributed by atoms with Crippen LogP contribution in [0.3, 0.4) is 0 Å². The lowest BCUT2D eigenvalue weighted by atomic mass is 10.1. The Kier molecular flexibility index (Phi) is 5.08. The van der Waals surface area contributed by atoms with Crippen molar-refractivity contribution < 1.29 is 9.59 Å². The smallest absolute Gasteiger partial charge is 0.229 e. The molecule has 142 valence electrons. The Hall–Kier alpha value is -3.19. The van der Waals surface area contributed by atoms with Crippen LogP contribution in [-0.2, 0) is 16.1 Å². The number of carbonyl (C=O) groups is 2. The largest absolute Gasteiger partial charge is 0.326 e. The monoisotopic (exact) mass is 395 g/mol. The van der Waals surface area contributed by atoms with Gasteiger partial charge in [-0.3, -0.25) is 9.59 Å². The lowest BCUT2D eigenvalue weighted by molar-refractivity contribution is -0.122. The van der Waals surface area contributed by atoms with Gasteiger partial charge in [-0.15, -0.1) is 0 Å². The Labute approximate surface area is 166 Å². The molecule has 28 heavy (non-hydrogen) atoms. The summed E-state index contributed by atoms with van der Waals surface area (Å²) in [7, 11) is 0. The minimum absolute atomic E-state index is 0.0782. The second-order valence-corrected chi connectivity index (χ2v) is 7.10. The van der Waals surface area contributed by atoms with Gasteiger partial charge in [0.2, 0.25) is 11.8 Å². The van der Waals surface area contributed by atoms with Crippen LogP contribution in [0.4, 0.5) is 11.4 Å². The predicted molar refractivity (Wildman–Crippen MR) is 106 cm³/mol. The summed E-state index contributed by atoms with van der Waals surface area (Å²) in [5.41, 5.74) is 2.46. The fraction of sp³-hybridized carbons (Fsp3) is 0.200. The molecule has 4 rings (SSSR count). The van der Waals surface area contributed by atoms with E-state index in [2.05, 4.69) is 15.4 Å². The minimum atomic E-state index is -0.402. The molecule has 3 aromatic rings. The summed E-state index contributed by atoms with van der Waals surface area (Å²) < 4.78 is 1.72. The molecular weight excluding hydrogens is 378 g/mol. The number of aromatic nitrogens is 3. The predicted octanol–water partition coefficient (Wildman–Crippen LogP) is 2.97. The number of halogens is 1. The second-order valence-electron chi connectivity index (χ2n) is 6.66. The maximum atomic E-state index is 12.6. The molecule has 0 spiro atoms. The number of nitrogens with one attached hydrogen (secondary N) is 1. The zero-order chi connectivity index (χ0) is 19.5. The molecule has 8 heteroatoms. The van der Waals surface area contributed by atoms with E-state index in [0.29, 0.717) is 29.5 Å². The van der Waals surface area contributed by atoms with Crippen molar-refractivity contribution in [1.29, 1.82) is 0 Å². The quantitative estimate of drug-likeness (QED) is 0.720. The number of rotatable bonds is 5. The van der Waals surface area contributed by atoms with Gasteiger partial charge in [-0.1, -0.05) is 29.8 Å². The van der Waals surface area contributed by atoms with Crippen LogP contribution in [0.25, 0.3) is 0 Å². The molecule has 0 radical (unpaired) electrons. The molecule has 2 aromatic carbocycles. The van der Waals surface area contributed by atoms with Crippen molar-refractivity contribution in [2.75, 3.05) is 16.8 Å². The maximum absolute atomic E-state index is 12.6. The third kappa shape index (κ3) is 4.04. The first-order chi connectivity index (χ1) is 13.6. The van der Waals surface area contributed by atoms with Gasteiger partial charge in [0.05, 0.1) is 12.5 Å². The fourth-order valence-corrected chi connectivity index (χ4v) is 3.40. The molecular formula is C20H18ClN5O2. The summed E-state index contributed by atoms with van der Waals surface area (Å²) in [6.45, 7) is 0.954. The minimum Gasteiger partial charge on any atom is -0.326 e. The number of hydrogen-bond acceptors (Lipinski definition) is 4. The molecule has 1 unspecified atom stereocenters. The van der Waals surface area contributed by atoms with Crippen molar-refractivity contribution in [3.8, 4) is 0 Å². The van der Waals surface area contributed by atoms with Crippen LogP contribution in [0, 0.1) is 5.92 Å². The summed E-state index contributed by atoms with van der Waals surface area (Å²) in [5.74, 6) is -0.645. The molecule has 1 aliphatic rings. The normalized spacial score (nSPS) is 16.4. The van der Waals surface area contributed by atoms with Gasteiger partial charge in [-0.05, 0) is 35.9 Å². The first kappa shape index (κ1) is 18.2. The maximum Gasteiger partial charge on any atom is 0.229 e. The highest BCUT2D eigenvalue weighted by atomic mass is 35.5. The number of hydrogen-bond donors (Lipinski definition) is 1.